The zero-order valence-electron chi connectivity index (χ0n) is 13.3. The van der Waals surface area contributed by atoms with Gasteiger partial charge in [0.2, 0.25) is 0 Å². The molecule has 3 rings (SSSR count). The molecule has 0 spiro atoms. The summed E-state index contributed by atoms with van der Waals surface area (Å²) in [7, 11) is 1.87. The van der Waals surface area contributed by atoms with Crippen LogP contribution in [0.15, 0.2) is 38.8 Å². The summed E-state index contributed by atoms with van der Waals surface area (Å²) in [6, 6.07) is 5.51. The Morgan fingerprint density at radius 2 is 2.00 bits per heavy atom. The van der Waals surface area contributed by atoms with Crippen LogP contribution in [0.1, 0.15) is 22.4 Å². The van der Waals surface area contributed by atoms with E-state index < -0.39 is 0 Å². The van der Waals surface area contributed by atoms with Gasteiger partial charge < -0.3 is 14.1 Å². The van der Waals surface area contributed by atoms with E-state index in [1.54, 1.807) is 12.3 Å². The number of aliphatic hydroxyl groups is 1. The summed E-state index contributed by atoms with van der Waals surface area (Å²) in [6.45, 7) is 4.00. The van der Waals surface area contributed by atoms with E-state index in [1.807, 2.05) is 31.5 Å². The molecule has 2 aromatic heterocycles. The maximum absolute atomic E-state index is 11.8. The number of hydrogen-bond donors (Lipinski definition) is 1. The molecule has 0 atom stereocenters. The Hall–Kier alpha value is -2.05. The van der Waals surface area contributed by atoms with Gasteiger partial charge in [-0.05, 0) is 42.7 Å². The Morgan fingerprint density at radius 3 is 2.70 bits per heavy atom. The van der Waals surface area contributed by atoms with Gasteiger partial charge in [-0.25, -0.2) is 9.78 Å². The molecule has 0 unspecified atom stereocenters. The highest BCUT2D eigenvalue weighted by Crippen LogP contribution is 2.27. The molecule has 0 amide bonds. The number of nitrogens with zero attached hydrogens (tertiary/aromatic N) is 2. The van der Waals surface area contributed by atoms with Crippen LogP contribution in [0.5, 0.6) is 0 Å². The van der Waals surface area contributed by atoms with Crippen LogP contribution in [-0.2, 0) is 19.4 Å². The minimum absolute atomic E-state index is 0.0413. The van der Waals surface area contributed by atoms with Crippen molar-refractivity contribution in [2.24, 2.45) is 7.05 Å². The topological polar surface area (TPSA) is 68.3 Å². The Morgan fingerprint density at radius 1 is 1.26 bits per heavy atom. The SMILES string of the molecule is Cc1cc2oc(=O)cc(CSc3ncc(CO)n3C)c2cc1C. The standard InChI is InChI=1S/C17H18N2O3S/c1-10-4-14-12(6-16(21)22-15(14)5-11(10)2)9-23-17-18-7-13(8-20)19(17)3/h4-7,20H,8-9H2,1-3H3. The molecule has 0 saturated carbocycles. The third kappa shape index (κ3) is 3.04. The molecule has 0 bridgehead atoms. The van der Waals surface area contributed by atoms with Crippen LogP contribution in [0.4, 0.5) is 0 Å². The van der Waals surface area contributed by atoms with E-state index in [1.165, 1.54) is 11.8 Å². The van der Waals surface area contributed by atoms with Crippen LogP contribution in [0.3, 0.4) is 0 Å². The van der Waals surface area contributed by atoms with Crippen molar-refractivity contribution in [3.05, 3.63) is 57.2 Å². The fourth-order valence-corrected chi connectivity index (χ4v) is 3.41. The fraction of sp³-hybridized carbons (Fsp3) is 0.294. The predicted octanol–water partition coefficient (Wildman–Crippen LogP) is 2.93. The second-order valence-electron chi connectivity index (χ2n) is 5.56. The van der Waals surface area contributed by atoms with Crippen molar-refractivity contribution in [1.82, 2.24) is 9.55 Å². The van der Waals surface area contributed by atoms with Crippen LogP contribution < -0.4 is 5.63 Å². The van der Waals surface area contributed by atoms with Gasteiger partial charge in [0.25, 0.3) is 0 Å². The zero-order valence-corrected chi connectivity index (χ0v) is 14.1. The fourth-order valence-electron chi connectivity index (χ4n) is 2.45. The van der Waals surface area contributed by atoms with Crippen molar-refractivity contribution in [2.45, 2.75) is 31.4 Å². The third-order valence-electron chi connectivity index (χ3n) is 4.01. The van der Waals surface area contributed by atoms with Crippen molar-refractivity contribution in [2.75, 3.05) is 0 Å². The van der Waals surface area contributed by atoms with Crippen LogP contribution in [0.2, 0.25) is 0 Å². The van der Waals surface area contributed by atoms with E-state index in [0.29, 0.717) is 11.3 Å². The highest BCUT2D eigenvalue weighted by atomic mass is 32.2. The van der Waals surface area contributed by atoms with Crippen molar-refractivity contribution in [1.29, 1.82) is 0 Å². The summed E-state index contributed by atoms with van der Waals surface area (Å²) < 4.78 is 7.17. The molecule has 120 valence electrons. The van der Waals surface area contributed by atoms with Crippen LogP contribution in [0.25, 0.3) is 11.0 Å². The first-order chi connectivity index (χ1) is 11.0. The molecular formula is C17H18N2O3S. The first-order valence-corrected chi connectivity index (χ1v) is 8.26. The molecule has 6 heteroatoms. The summed E-state index contributed by atoms with van der Waals surface area (Å²) in [5.41, 5.74) is 4.23. The second kappa shape index (κ2) is 6.22. The molecule has 1 N–H and O–H groups in total. The Labute approximate surface area is 138 Å². The monoisotopic (exact) mass is 330 g/mol. The minimum Gasteiger partial charge on any atom is -0.423 e. The van der Waals surface area contributed by atoms with Crippen LogP contribution in [0, 0.1) is 13.8 Å². The van der Waals surface area contributed by atoms with Gasteiger partial charge in [0.05, 0.1) is 18.5 Å². The predicted molar refractivity (Wildman–Crippen MR) is 90.6 cm³/mol. The van der Waals surface area contributed by atoms with E-state index in [2.05, 4.69) is 11.1 Å². The second-order valence-corrected chi connectivity index (χ2v) is 6.50. The Kier molecular flexibility index (Phi) is 4.28. The summed E-state index contributed by atoms with van der Waals surface area (Å²) >= 11 is 1.53. The maximum Gasteiger partial charge on any atom is 0.336 e. The molecule has 5 nitrogen and oxygen atoms in total. The summed E-state index contributed by atoms with van der Waals surface area (Å²) in [5, 5.41) is 11.0. The van der Waals surface area contributed by atoms with Gasteiger partial charge in [-0.2, -0.15) is 0 Å². The molecule has 0 saturated heterocycles. The van der Waals surface area contributed by atoms with E-state index >= 15 is 0 Å². The van der Waals surface area contributed by atoms with Crippen molar-refractivity contribution >= 4 is 22.7 Å². The molecule has 1 aromatic carbocycles. The average molecular weight is 330 g/mol. The zero-order chi connectivity index (χ0) is 16.6. The van der Waals surface area contributed by atoms with Gasteiger partial charge in [-0.1, -0.05) is 11.8 Å². The molecule has 3 aromatic rings. The Bertz CT molecular complexity index is 927. The van der Waals surface area contributed by atoms with E-state index in [0.717, 1.165) is 32.9 Å². The number of fused-ring (bicyclic) bond motifs is 1. The quantitative estimate of drug-likeness (QED) is 0.588. The third-order valence-corrected chi connectivity index (χ3v) is 5.10. The highest BCUT2D eigenvalue weighted by Gasteiger charge is 2.11. The number of aromatic nitrogens is 2. The lowest BCUT2D eigenvalue weighted by Crippen LogP contribution is -2.02. The van der Waals surface area contributed by atoms with Gasteiger partial charge in [-0.3, -0.25) is 0 Å². The molecule has 0 aliphatic carbocycles. The van der Waals surface area contributed by atoms with E-state index in [-0.39, 0.29) is 12.2 Å². The summed E-state index contributed by atoms with van der Waals surface area (Å²) in [4.78, 5) is 16.1. The lowest BCUT2D eigenvalue weighted by molar-refractivity contribution is 0.271. The lowest BCUT2D eigenvalue weighted by atomic mass is 10.0. The molecule has 23 heavy (non-hydrogen) atoms. The number of imidazole rings is 1. The van der Waals surface area contributed by atoms with Crippen molar-refractivity contribution in [3.63, 3.8) is 0 Å². The molecule has 2 heterocycles. The van der Waals surface area contributed by atoms with E-state index in [9.17, 15) is 9.90 Å². The number of benzene rings is 1. The molecule has 0 radical (unpaired) electrons. The first kappa shape index (κ1) is 15.8. The first-order valence-electron chi connectivity index (χ1n) is 7.28. The number of rotatable bonds is 4. The van der Waals surface area contributed by atoms with E-state index in [4.69, 9.17) is 4.42 Å². The number of thioether (sulfide) groups is 1. The summed E-state index contributed by atoms with van der Waals surface area (Å²) in [6.07, 6.45) is 1.66. The smallest absolute Gasteiger partial charge is 0.336 e. The van der Waals surface area contributed by atoms with Crippen molar-refractivity contribution < 1.29 is 9.52 Å². The largest absolute Gasteiger partial charge is 0.423 e. The van der Waals surface area contributed by atoms with Gasteiger partial charge in [-0.15, -0.1) is 0 Å². The number of hydrogen-bond acceptors (Lipinski definition) is 5. The Balaban J connectivity index is 1.97. The summed E-state index contributed by atoms with van der Waals surface area (Å²) in [5.74, 6) is 0.611. The molecular weight excluding hydrogens is 312 g/mol. The van der Waals surface area contributed by atoms with Crippen molar-refractivity contribution in [3.8, 4) is 0 Å². The van der Waals surface area contributed by atoms with Crippen LogP contribution in [-0.4, -0.2) is 14.7 Å². The lowest BCUT2D eigenvalue weighted by Gasteiger charge is -2.08. The van der Waals surface area contributed by atoms with Gasteiger partial charge >= 0.3 is 5.63 Å². The number of aliphatic hydroxyl groups excluding tert-OH is 1. The minimum atomic E-state index is -0.341. The molecule has 0 aliphatic rings. The van der Waals surface area contributed by atoms with Gasteiger partial charge in [0, 0.05) is 24.3 Å². The van der Waals surface area contributed by atoms with Gasteiger partial charge in [0.15, 0.2) is 5.16 Å². The molecule has 0 aliphatic heterocycles. The molecule has 0 fully saturated rings. The van der Waals surface area contributed by atoms with Gasteiger partial charge in [0.1, 0.15) is 5.58 Å². The number of aryl methyl sites for hydroxylation is 2. The maximum atomic E-state index is 11.8. The normalized spacial score (nSPS) is 11.3. The highest BCUT2D eigenvalue weighted by molar-refractivity contribution is 7.98. The average Bonchev–Trinajstić information content (AvgIpc) is 2.87. The van der Waals surface area contributed by atoms with Crippen LogP contribution >= 0.6 is 11.8 Å².